The van der Waals surface area contributed by atoms with Gasteiger partial charge in [-0.3, -0.25) is 4.79 Å². The largest absolute Gasteiger partial charge is 0.479 e. The van der Waals surface area contributed by atoms with E-state index in [4.69, 9.17) is 11.5 Å². The van der Waals surface area contributed by atoms with Crippen LogP contribution in [0.3, 0.4) is 0 Å². The number of hydrogen-bond acceptors (Lipinski definition) is 2. The molecule has 0 aliphatic rings. The molecule has 0 fully saturated rings. The molecule has 0 radical (unpaired) electrons. The second-order valence-corrected chi connectivity index (χ2v) is 2.97. The monoisotopic (exact) mass is 223 g/mol. The van der Waals surface area contributed by atoms with Crippen LogP contribution in [0.1, 0.15) is 13.3 Å². The van der Waals surface area contributed by atoms with E-state index in [0.717, 1.165) is 6.92 Å². The number of aliphatic carboxylic acids is 1. The van der Waals surface area contributed by atoms with Gasteiger partial charge in [0.15, 0.2) is 0 Å². The van der Waals surface area contributed by atoms with Crippen LogP contribution in [0.4, 0.5) is 13.2 Å². The number of carbonyl (C=O) groups excluding carboxylic acids is 1. The molecule has 84 valence electrons. The highest BCUT2D eigenvalue weighted by Gasteiger charge is 2.45. The number of terminal acetylenes is 1. The molecule has 2 N–H and O–H groups in total. The predicted octanol–water partition coefficient (Wildman–Crippen LogP) is 0.531. The Labute approximate surface area is 83.5 Å². The molecule has 0 spiro atoms. The zero-order valence-corrected chi connectivity index (χ0v) is 7.68. The fourth-order valence-electron chi connectivity index (χ4n) is 0.699. The molecule has 0 bridgehead atoms. The highest BCUT2D eigenvalue weighted by molar-refractivity contribution is 5.89. The standard InChI is InChI=1S/C8H8F3NO3/c1-3-4-7(2,6(14)15)12-5(13)8(9,10)11/h1H,4H2,2H3,(H,12,13)(H,14,15). The predicted molar refractivity (Wildman–Crippen MR) is 43.7 cm³/mol. The Balaban J connectivity index is 4.80. The Morgan fingerprint density at radius 3 is 2.20 bits per heavy atom. The molecule has 0 aromatic heterocycles. The van der Waals surface area contributed by atoms with E-state index in [-0.39, 0.29) is 0 Å². The van der Waals surface area contributed by atoms with Crippen LogP contribution in [0.5, 0.6) is 0 Å². The SMILES string of the molecule is C#CCC(C)(NC(=O)C(F)(F)F)C(=O)O. The lowest BCUT2D eigenvalue weighted by Gasteiger charge is -2.24. The smallest absolute Gasteiger partial charge is 0.471 e. The second kappa shape index (κ2) is 4.21. The fraction of sp³-hybridized carbons (Fsp3) is 0.500. The quantitative estimate of drug-likeness (QED) is 0.686. The minimum Gasteiger partial charge on any atom is -0.479 e. The lowest BCUT2D eigenvalue weighted by atomic mass is 9.98. The third-order valence-corrected chi connectivity index (χ3v) is 1.57. The number of carboxylic acid groups (broad SMARTS) is 1. The Morgan fingerprint density at radius 1 is 1.47 bits per heavy atom. The maximum atomic E-state index is 11.8. The Bertz CT molecular complexity index is 318. The van der Waals surface area contributed by atoms with Crippen LogP contribution in [0.25, 0.3) is 0 Å². The van der Waals surface area contributed by atoms with Crippen molar-refractivity contribution < 1.29 is 27.9 Å². The first-order valence-corrected chi connectivity index (χ1v) is 3.69. The lowest BCUT2D eigenvalue weighted by molar-refractivity contribution is -0.177. The molecule has 4 nitrogen and oxygen atoms in total. The van der Waals surface area contributed by atoms with Crippen LogP contribution < -0.4 is 5.32 Å². The Kier molecular flexibility index (Phi) is 3.73. The Morgan fingerprint density at radius 2 is 1.93 bits per heavy atom. The zero-order chi connectivity index (χ0) is 12.3. The molecule has 0 saturated carbocycles. The molecule has 0 rings (SSSR count). The summed E-state index contributed by atoms with van der Waals surface area (Å²) in [5, 5.41) is 9.93. The van der Waals surface area contributed by atoms with Gasteiger partial charge in [-0.25, -0.2) is 4.79 Å². The minimum atomic E-state index is -5.13. The van der Waals surface area contributed by atoms with Crippen molar-refractivity contribution in [3.63, 3.8) is 0 Å². The average Bonchev–Trinajstić information content (AvgIpc) is 2.02. The van der Waals surface area contributed by atoms with Crippen molar-refractivity contribution in [2.24, 2.45) is 0 Å². The van der Waals surface area contributed by atoms with Gasteiger partial charge in [0.1, 0.15) is 5.54 Å². The summed E-state index contributed by atoms with van der Waals surface area (Å²) in [6.45, 7) is 0.902. The summed E-state index contributed by atoms with van der Waals surface area (Å²) in [5.74, 6) is -2.07. The van der Waals surface area contributed by atoms with Gasteiger partial charge in [-0.1, -0.05) is 0 Å². The van der Waals surface area contributed by atoms with Gasteiger partial charge in [0, 0.05) is 6.42 Å². The summed E-state index contributed by atoms with van der Waals surface area (Å²) in [7, 11) is 0. The maximum Gasteiger partial charge on any atom is 0.471 e. The molecular weight excluding hydrogens is 215 g/mol. The highest BCUT2D eigenvalue weighted by Crippen LogP contribution is 2.18. The minimum absolute atomic E-state index is 0.538. The first-order chi connectivity index (χ1) is 6.63. The van der Waals surface area contributed by atoms with Crippen LogP contribution >= 0.6 is 0 Å². The van der Waals surface area contributed by atoms with Crippen molar-refractivity contribution in [2.75, 3.05) is 0 Å². The molecule has 0 saturated heterocycles. The van der Waals surface area contributed by atoms with Gasteiger partial charge >= 0.3 is 18.1 Å². The molecule has 7 heteroatoms. The number of hydrogen-bond donors (Lipinski definition) is 2. The van der Waals surface area contributed by atoms with Gasteiger partial charge in [-0.15, -0.1) is 12.3 Å². The summed E-state index contributed by atoms with van der Waals surface area (Å²) >= 11 is 0. The van der Waals surface area contributed by atoms with Crippen LogP contribution in [0, 0.1) is 12.3 Å². The topological polar surface area (TPSA) is 66.4 Å². The maximum absolute atomic E-state index is 11.8. The van der Waals surface area contributed by atoms with Crippen LogP contribution in [0.15, 0.2) is 0 Å². The fourth-order valence-corrected chi connectivity index (χ4v) is 0.699. The lowest BCUT2D eigenvalue weighted by Crippen LogP contribution is -2.55. The third-order valence-electron chi connectivity index (χ3n) is 1.57. The first-order valence-electron chi connectivity index (χ1n) is 3.69. The molecule has 1 atom stereocenters. The molecule has 1 amide bonds. The van der Waals surface area contributed by atoms with Crippen LogP contribution in [0.2, 0.25) is 0 Å². The van der Waals surface area contributed by atoms with Crippen molar-refractivity contribution in [3.05, 3.63) is 0 Å². The van der Waals surface area contributed by atoms with Crippen molar-refractivity contribution in [1.82, 2.24) is 5.32 Å². The first kappa shape index (κ1) is 13.3. The van der Waals surface area contributed by atoms with Crippen molar-refractivity contribution in [2.45, 2.75) is 25.1 Å². The molecule has 1 unspecified atom stereocenters. The highest BCUT2D eigenvalue weighted by atomic mass is 19.4. The molecule has 15 heavy (non-hydrogen) atoms. The number of nitrogens with one attached hydrogen (secondary N) is 1. The number of carbonyl (C=O) groups is 2. The normalized spacial score (nSPS) is 14.9. The average molecular weight is 223 g/mol. The van der Waals surface area contributed by atoms with E-state index in [9.17, 15) is 22.8 Å². The number of halogens is 3. The van der Waals surface area contributed by atoms with E-state index >= 15 is 0 Å². The van der Waals surface area contributed by atoms with E-state index in [1.165, 1.54) is 5.32 Å². The van der Waals surface area contributed by atoms with E-state index in [2.05, 4.69) is 0 Å². The van der Waals surface area contributed by atoms with Gasteiger partial charge in [0.05, 0.1) is 0 Å². The van der Waals surface area contributed by atoms with Crippen LogP contribution in [-0.4, -0.2) is 28.7 Å². The molecule has 0 aliphatic heterocycles. The molecule has 0 aromatic rings. The van der Waals surface area contributed by atoms with E-state index < -0.39 is 30.0 Å². The van der Waals surface area contributed by atoms with E-state index in [1.54, 1.807) is 0 Å². The van der Waals surface area contributed by atoms with Crippen molar-refractivity contribution >= 4 is 11.9 Å². The van der Waals surface area contributed by atoms with Crippen molar-refractivity contribution in [3.8, 4) is 12.3 Å². The van der Waals surface area contributed by atoms with Gasteiger partial charge in [0.25, 0.3) is 0 Å². The van der Waals surface area contributed by atoms with Crippen molar-refractivity contribution in [1.29, 1.82) is 0 Å². The summed E-state index contributed by atoms with van der Waals surface area (Å²) in [6, 6.07) is 0. The Hall–Kier alpha value is -1.71. The zero-order valence-electron chi connectivity index (χ0n) is 7.68. The van der Waals surface area contributed by atoms with Crippen LogP contribution in [-0.2, 0) is 9.59 Å². The third kappa shape index (κ3) is 3.50. The van der Waals surface area contributed by atoms with Gasteiger partial charge < -0.3 is 10.4 Å². The number of carboxylic acids is 1. The summed E-state index contributed by atoms with van der Waals surface area (Å²) < 4.78 is 35.5. The van der Waals surface area contributed by atoms with E-state index in [0.29, 0.717) is 0 Å². The molecule has 0 aromatic carbocycles. The number of rotatable bonds is 3. The molecule has 0 heterocycles. The van der Waals surface area contributed by atoms with Gasteiger partial charge in [-0.05, 0) is 6.92 Å². The summed E-state index contributed by atoms with van der Waals surface area (Å²) in [6.07, 6.45) is -0.880. The number of alkyl halides is 3. The van der Waals surface area contributed by atoms with Gasteiger partial charge in [0.2, 0.25) is 0 Å². The molecular formula is C8H8F3NO3. The summed E-state index contributed by atoms with van der Waals surface area (Å²) in [4.78, 5) is 21.1. The van der Waals surface area contributed by atoms with Gasteiger partial charge in [-0.2, -0.15) is 13.2 Å². The second-order valence-electron chi connectivity index (χ2n) is 2.97. The van der Waals surface area contributed by atoms with E-state index in [1.807, 2.05) is 5.92 Å². The molecule has 0 aliphatic carbocycles. The summed E-state index contributed by atoms with van der Waals surface area (Å²) in [5.41, 5.74) is -2.11. The number of amides is 1.